The quantitative estimate of drug-likeness (QED) is 0.585. The minimum atomic E-state index is -0.227. The number of halogens is 1. The fourth-order valence-corrected chi connectivity index (χ4v) is 4.27. The molecule has 0 aromatic heterocycles. The van der Waals surface area contributed by atoms with Crippen molar-refractivity contribution in [3.05, 3.63) is 65.5 Å². The number of amides is 2. The molecular formula is C25H31FN4O2. The highest BCUT2D eigenvalue weighted by molar-refractivity contribution is 5.98. The number of hydrazine groups is 1. The van der Waals surface area contributed by atoms with Gasteiger partial charge in [0.25, 0.3) is 5.91 Å². The predicted molar refractivity (Wildman–Crippen MR) is 122 cm³/mol. The Morgan fingerprint density at radius 2 is 1.88 bits per heavy atom. The van der Waals surface area contributed by atoms with Crippen LogP contribution in [0.15, 0.2) is 48.5 Å². The molecule has 3 N–H and O–H groups in total. The fourth-order valence-electron chi connectivity index (χ4n) is 4.27. The third-order valence-electron chi connectivity index (χ3n) is 6.47. The second-order valence-electron chi connectivity index (χ2n) is 9.08. The van der Waals surface area contributed by atoms with Crippen molar-refractivity contribution in [2.75, 3.05) is 18.9 Å². The molecule has 1 aliphatic carbocycles. The van der Waals surface area contributed by atoms with Gasteiger partial charge >= 0.3 is 0 Å². The number of carbonyl (C=O) groups excluding carboxylic acids is 2. The van der Waals surface area contributed by atoms with Gasteiger partial charge in [-0.1, -0.05) is 25.1 Å². The standard InChI is InChI=1S/C25H31FN4O2/c1-16-13-22(16)24(31)27-20-6-3-5-18(14-20)25(32)30(2)12-4-7-21-15-23(29-28-21)17-8-10-19(26)11-9-17/h3,5-6,8-11,14,16,21-23,28-29H,4,7,12-13,15H2,1-2H3,(H,27,31). The first-order valence-corrected chi connectivity index (χ1v) is 11.3. The first-order valence-electron chi connectivity index (χ1n) is 11.3. The molecule has 2 aromatic rings. The van der Waals surface area contributed by atoms with Gasteiger partial charge in [0.1, 0.15) is 5.82 Å². The van der Waals surface area contributed by atoms with E-state index in [1.165, 1.54) is 12.1 Å². The van der Waals surface area contributed by atoms with E-state index in [0.29, 0.717) is 29.8 Å². The normalized spacial score (nSPS) is 24.2. The van der Waals surface area contributed by atoms with Gasteiger partial charge in [0.2, 0.25) is 5.91 Å². The van der Waals surface area contributed by atoms with Crippen LogP contribution in [0.2, 0.25) is 0 Å². The van der Waals surface area contributed by atoms with Crippen molar-refractivity contribution < 1.29 is 14.0 Å². The lowest BCUT2D eigenvalue weighted by atomic mass is 9.99. The van der Waals surface area contributed by atoms with E-state index < -0.39 is 0 Å². The Balaban J connectivity index is 1.22. The van der Waals surface area contributed by atoms with Gasteiger partial charge in [-0.3, -0.25) is 20.4 Å². The summed E-state index contributed by atoms with van der Waals surface area (Å²) in [7, 11) is 1.81. The fraction of sp³-hybridized carbons (Fsp3) is 0.440. The second kappa shape index (κ2) is 9.79. The number of hydrogen-bond acceptors (Lipinski definition) is 4. The van der Waals surface area contributed by atoms with E-state index >= 15 is 0 Å². The zero-order chi connectivity index (χ0) is 22.7. The molecule has 6 nitrogen and oxygen atoms in total. The summed E-state index contributed by atoms with van der Waals surface area (Å²) in [5.74, 6) is 0.295. The lowest BCUT2D eigenvalue weighted by Crippen LogP contribution is -2.32. The third-order valence-corrected chi connectivity index (χ3v) is 6.47. The Labute approximate surface area is 188 Å². The average Bonchev–Trinajstić information content (AvgIpc) is 3.34. The van der Waals surface area contributed by atoms with Crippen LogP contribution in [-0.4, -0.2) is 36.3 Å². The van der Waals surface area contributed by atoms with Crippen molar-refractivity contribution in [3.8, 4) is 0 Å². The highest BCUT2D eigenvalue weighted by Crippen LogP contribution is 2.38. The molecule has 2 aromatic carbocycles. The Morgan fingerprint density at radius 3 is 2.59 bits per heavy atom. The van der Waals surface area contributed by atoms with Gasteiger partial charge in [0.05, 0.1) is 0 Å². The molecule has 0 spiro atoms. The maximum atomic E-state index is 13.1. The molecular weight excluding hydrogens is 407 g/mol. The van der Waals surface area contributed by atoms with Crippen LogP contribution in [0.25, 0.3) is 0 Å². The first-order chi connectivity index (χ1) is 15.4. The molecule has 7 heteroatoms. The molecule has 1 saturated carbocycles. The second-order valence-corrected chi connectivity index (χ2v) is 9.08. The number of carbonyl (C=O) groups is 2. The molecule has 1 aliphatic heterocycles. The van der Waals surface area contributed by atoms with Crippen molar-refractivity contribution >= 4 is 17.5 Å². The van der Waals surface area contributed by atoms with Crippen LogP contribution in [0, 0.1) is 17.7 Å². The van der Waals surface area contributed by atoms with E-state index in [0.717, 1.165) is 31.2 Å². The van der Waals surface area contributed by atoms with Gasteiger partial charge in [0, 0.05) is 42.8 Å². The van der Waals surface area contributed by atoms with Crippen LogP contribution in [-0.2, 0) is 4.79 Å². The summed E-state index contributed by atoms with van der Waals surface area (Å²) in [4.78, 5) is 26.7. The molecule has 4 atom stereocenters. The molecule has 2 aliphatic rings. The van der Waals surface area contributed by atoms with E-state index in [1.54, 1.807) is 30.1 Å². The summed E-state index contributed by atoms with van der Waals surface area (Å²) >= 11 is 0. The largest absolute Gasteiger partial charge is 0.342 e. The summed E-state index contributed by atoms with van der Waals surface area (Å²) in [5, 5.41) is 2.92. The summed E-state index contributed by atoms with van der Waals surface area (Å²) in [5.41, 5.74) is 8.90. The van der Waals surface area contributed by atoms with Crippen molar-refractivity contribution in [3.63, 3.8) is 0 Å². The topological polar surface area (TPSA) is 73.5 Å². The van der Waals surface area contributed by atoms with Crippen LogP contribution in [0.4, 0.5) is 10.1 Å². The minimum absolute atomic E-state index is 0.0343. The monoisotopic (exact) mass is 438 g/mol. The minimum Gasteiger partial charge on any atom is -0.342 e. The average molecular weight is 439 g/mol. The van der Waals surface area contributed by atoms with Crippen LogP contribution in [0.3, 0.4) is 0 Å². The van der Waals surface area contributed by atoms with Crippen LogP contribution >= 0.6 is 0 Å². The molecule has 1 saturated heterocycles. The Bertz CT molecular complexity index is 965. The number of hydrogen-bond donors (Lipinski definition) is 3. The Kier molecular flexibility index (Phi) is 6.86. The number of nitrogens with one attached hydrogen (secondary N) is 3. The maximum absolute atomic E-state index is 13.1. The molecule has 170 valence electrons. The highest BCUT2D eigenvalue weighted by atomic mass is 19.1. The predicted octanol–water partition coefficient (Wildman–Crippen LogP) is 3.88. The Hall–Kier alpha value is -2.77. The van der Waals surface area contributed by atoms with Gasteiger partial charge in [-0.05, 0) is 67.5 Å². The van der Waals surface area contributed by atoms with E-state index in [9.17, 15) is 14.0 Å². The molecule has 0 bridgehead atoms. The molecule has 1 heterocycles. The molecule has 2 fully saturated rings. The molecule has 4 rings (SSSR count). The summed E-state index contributed by atoms with van der Waals surface area (Å²) in [6.45, 7) is 2.72. The van der Waals surface area contributed by atoms with Crippen LogP contribution in [0.5, 0.6) is 0 Å². The number of benzene rings is 2. The molecule has 0 radical (unpaired) electrons. The summed E-state index contributed by atoms with van der Waals surface area (Å²) < 4.78 is 13.1. The lowest BCUT2D eigenvalue weighted by Gasteiger charge is -2.19. The van der Waals surface area contributed by atoms with Gasteiger partial charge < -0.3 is 10.2 Å². The highest BCUT2D eigenvalue weighted by Gasteiger charge is 2.39. The number of nitrogens with zero attached hydrogens (tertiary/aromatic N) is 1. The van der Waals surface area contributed by atoms with Crippen molar-refractivity contribution in [1.29, 1.82) is 0 Å². The van der Waals surface area contributed by atoms with Crippen LogP contribution < -0.4 is 16.2 Å². The smallest absolute Gasteiger partial charge is 0.253 e. The van der Waals surface area contributed by atoms with Gasteiger partial charge in [-0.15, -0.1) is 0 Å². The molecule has 32 heavy (non-hydrogen) atoms. The van der Waals surface area contributed by atoms with E-state index in [4.69, 9.17) is 0 Å². The van der Waals surface area contributed by atoms with Gasteiger partial charge in [0.15, 0.2) is 0 Å². The van der Waals surface area contributed by atoms with Crippen LogP contribution in [0.1, 0.15) is 54.6 Å². The number of anilines is 1. The van der Waals surface area contributed by atoms with E-state index in [1.807, 2.05) is 18.2 Å². The summed E-state index contributed by atoms with van der Waals surface area (Å²) in [6, 6.07) is 14.2. The van der Waals surface area contributed by atoms with Gasteiger partial charge in [-0.25, -0.2) is 4.39 Å². The molecule has 4 unspecified atom stereocenters. The third kappa shape index (κ3) is 5.53. The number of rotatable bonds is 8. The van der Waals surface area contributed by atoms with E-state index in [2.05, 4.69) is 23.1 Å². The SMILES string of the molecule is CC1CC1C(=O)Nc1cccc(C(=O)N(C)CCCC2CC(c3ccc(F)cc3)NN2)c1. The summed E-state index contributed by atoms with van der Waals surface area (Å²) in [6.07, 6.45) is 3.65. The lowest BCUT2D eigenvalue weighted by molar-refractivity contribution is -0.117. The zero-order valence-corrected chi connectivity index (χ0v) is 18.6. The van der Waals surface area contributed by atoms with E-state index in [-0.39, 0.29) is 29.6 Å². The first kappa shape index (κ1) is 22.4. The zero-order valence-electron chi connectivity index (χ0n) is 18.6. The van der Waals surface area contributed by atoms with Gasteiger partial charge in [-0.2, -0.15) is 0 Å². The Morgan fingerprint density at radius 1 is 1.12 bits per heavy atom. The maximum Gasteiger partial charge on any atom is 0.253 e. The molecule has 2 amide bonds. The van der Waals surface area contributed by atoms with Crippen molar-refractivity contribution in [2.24, 2.45) is 11.8 Å². The van der Waals surface area contributed by atoms with Crippen molar-refractivity contribution in [2.45, 2.75) is 44.7 Å². The van der Waals surface area contributed by atoms with Crippen molar-refractivity contribution in [1.82, 2.24) is 15.8 Å².